The van der Waals surface area contributed by atoms with Crippen molar-refractivity contribution in [1.29, 1.82) is 0 Å². The summed E-state index contributed by atoms with van der Waals surface area (Å²) >= 11 is 0. The fraction of sp³-hybridized carbons (Fsp3) is 0.600. The summed E-state index contributed by atoms with van der Waals surface area (Å²) in [5.74, 6) is -1.21. The quantitative estimate of drug-likeness (QED) is 0.0114. The Morgan fingerprint density at radius 2 is 0.938 bits per heavy atom. The second kappa shape index (κ2) is 38.7. The maximum Gasteiger partial charge on any atom is 0.472 e. The molecule has 1 saturated carbocycles. The van der Waals surface area contributed by atoms with E-state index in [1.807, 2.05) is 54.7 Å². The van der Waals surface area contributed by atoms with Crippen molar-refractivity contribution in [2.75, 3.05) is 13.2 Å². The summed E-state index contributed by atoms with van der Waals surface area (Å²) in [5, 5.41) is 50.1. The van der Waals surface area contributed by atoms with Gasteiger partial charge < -0.3 is 39.9 Å². The summed E-state index contributed by atoms with van der Waals surface area (Å²) in [6.45, 7) is 2.95. The molecule has 0 saturated heterocycles. The Kier molecular flexibility index (Phi) is 35.4. The summed E-state index contributed by atoms with van der Waals surface area (Å²) in [5.41, 5.74) is 0. The molecule has 1 rings (SSSR count). The maximum absolute atomic E-state index is 12.8. The van der Waals surface area contributed by atoms with Crippen molar-refractivity contribution in [3.63, 3.8) is 0 Å². The number of phosphoric ester groups is 1. The molecule has 0 heterocycles. The molecule has 0 radical (unpaired) electrons. The van der Waals surface area contributed by atoms with Gasteiger partial charge in [-0.2, -0.15) is 0 Å². The van der Waals surface area contributed by atoms with Gasteiger partial charge in [0.15, 0.2) is 6.10 Å². The Labute approximate surface area is 383 Å². The monoisotopic (exact) mass is 919 g/mol. The van der Waals surface area contributed by atoms with Gasteiger partial charge in [-0.05, 0) is 64.2 Å². The van der Waals surface area contributed by atoms with E-state index in [4.69, 9.17) is 18.5 Å². The van der Waals surface area contributed by atoms with Crippen molar-refractivity contribution < 1.29 is 63.1 Å². The number of unbranched alkanes of at least 4 members (excludes halogenated alkanes) is 10. The summed E-state index contributed by atoms with van der Waals surface area (Å²) in [6, 6.07) is 0. The van der Waals surface area contributed by atoms with E-state index >= 15 is 0 Å². The number of aliphatic hydroxyl groups excluding tert-OH is 5. The first-order valence-corrected chi connectivity index (χ1v) is 24.8. The van der Waals surface area contributed by atoms with E-state index in [-0.39, 0.29) is 12.8 Å². The Morgan fingerprint density at radius 3 is 1.50 bits per heavy atom. The number of hydrogen-bond donors (Lipinski definition) is 6. The Bertz CT molecular complexity index is 1530. The van der Waals surface area contributed by atoms with Crippen LogP contribution in [0.3, 0.4) is 0 Å². The standard InChI is InChI=1S/C50H79O13P/c1-3-5-7-9-11-13-15-17-18-19-20-21-22-23-24-25-27-28-30-32-34-36-38-43(51)60-40-42(41-61-64(58,59)63-50-48(56)46(54)45(53)47(55)49(50)57)62-44(52)39-37-35-33-31-29-26-16-14-12-10-8-6-4-2/h5-8,10-14,16-18,20-21,26,29,31,33,42,45-50,53-57H,3-4,9,15,19,22-25,27-28,30,32,34-41H2,1-2H3,(H,58,59)/b7-5+,8-6+,12-10+,13-11+,16-14+,18-17+,21-20+,29-26+,33-31+/t42?,45?,46-,47?,48?,49?,50?/m0/s1. The van der Waals surface area contributed by atoms with Crippen LogP contribution in [0.5, 0.6) is 0 Å². The lowest BCUT2D eigenvalue weighted by Crippen LogP contribution is -2.64. The number of allylic oxidation sites excluding steroid dienone is 18. The third kappa shape index (κ3) is 30.6. The molecule has 1 fully saturated rings. The van der Waals surface area contributed by atoms with Crippen molar-refractivity contribution in [3.05, 3.63) is 109 Å². The lowest BCUT2D eigenvalue weighted by Gasteiger charge is -2.41. The molecule has 13 nitrogen and oxygen atoms in total. The number of carbonyl (C=O) groups excluding carboxylic acids is 2. The molecule has 0 spiro atoms. The number of ether oxygens (including phenoxy) is 2. The first-order chi connectivity index (χ1) is 30.9. The van der Waals surface area contributed by atoms with E-state index in [1.165, 1.54) is 25.7 Å². The molecule has 1 aliphatic carbocycles. The van der Waals surface area contributed by atoms with Crippen LogP contribution >= 0.6 is 7.82 Å². The zero-order valence-corrected chi connectivity index (χ0v) is 39.2. The van der Waals surface area contributed by atoms with E-state index in [9.17, 15) is 44.6 Å². The molecule has 7 unspecified atom stereocenters. The summed E-state index contributed by atoms with van der Waals surface area (Å²) in [7, 11) is -5.15. The van der Waals surface area contributed by atoms with Gasteiger partial charge in [0, 0.05) is 12.8 Å². The molecule has 0 aliphatic heterocycles. The average molecular weight is 919 g/mol. The van der Waals surface area contributed by atoms with Crippen LogP contribution in [0.1, 0.15) is 136 Å². The highest BCUT2D eigenvalue weighted by Gasteiger charge is 2.51. The van der Waals surface area contributed by atoms with Gasteiger partial charge in [-0.25, -0.2) is 4.57 Å². The fourth-order valence-electron chi connectivity index (χ4n) is 6.31. The molecule has 0 aromatic rings. The molecule has 14 heteroatoms. The van der Waals surface area contributed by atoms with E-state index in [0.29, 0.717) is 19.3 Å². The number of aliphatic hydroxyl groups is 5. The van der Waals surface area contributed by atoms with Gasteiger partial charge in [0.1, 0.15) is 43.2 Å². The topological polar surface area (TPSA) is 210 Å². The third-order valence-electron chi connectivity index (χ3n) is 9.99. The minimum Gasteiger partial charge on any atom is -0.462 e. The van der Waals surface area contributed by atoms with Gasteiger partial charge in [-0.3, -0.25) is 18.6 Å². The summed E-state index contributed by atoms with van der Waals surface area (Å²) in [4.78, 5) is 35.7. The SMILES string of the molecule is CC/C=C/C=C/C=C/C=C/C=C/CCCC(=O)OC(COC(=O)CCCCCCCCCCC/C=C/C/C=C/C/C=C/C/C=C/CC)COP(=O)(O)OC1C(O)C(O)C(O)[C@H](O)C1O. The van der Waals surface area contributed by atoms with E-state index in [1.54, 1.807) is 0 Å². The Hall–Kier alpha value is -3.49. The van der Waals surface area contributed by atoms with Crippen molar-refractivity contribution in [2.45, 2.75) is 179 Å². The zero-order valence-electron chi connectivity index (χ0n) is 38.3. The first kappa shape index (κ1) is 58.5. The zero-order chi connectivity index (χ0) is 47.1. The van der Waals surface area contributed by atoms with Crippen LogP contribution in [0.25, 0.3) is 0 Å². The normalized spacial score (nSPS) is 22.6. The molecule has 0 aromatic carbocycles. The highest BCUT2D eigenvalue weighted by Crippen LogP contribution is 2.47. The van der Waals surface area contributed by atoms with Crippen molar-refractivity contribution in [3.8, 4) is 0 Å². The fourth-order valence-corrected chi connectivity index (χ4v) is 7.28. The van der Waals surface area contributed by atoms with Gasteiger partial charge in [-0.1, -0.05) is 168 Å². The van der Waals surface area contributed by atoms with Gasteiger partial charge in [-0.15, -0.1) is 0 Å². The minimum atomic E-state index is -5.15. The number of carbonyl (C=O) groups is 2. The second-order valence-corrected chi connectivity index (χ2v) is 17.0. The van der Waals surface area contributed by atoms with Gasteiger partial charge in [0.25, 0.3) is 0 Å². The average Bonchev–Trinajstić information content (AvgIpc) is 3.28. The van der Waals surface area contributed by atoms with Crippen LogP contribution in [-0.2, 0) is 32.7 Å². The van der Waals surface area contributed by atoms with Gasteiger partial charge in [0.05, 0.1) is 6.61 Å². The molecule has 1 aliphatic rings. The van der Waals surface area contributed by atoms with Crippen LogP contribution < -0.4 is 0 Å². The second-order valence-electron chi connectivity index (χ2n) is 15.6. The molecular formula is C50H79O13P. The van der Waals surface area contributed by atoms with E-state index in [0.717, 1.165) is 64.2 Å². The number of esters is 2. The molecular weight excluding hydrogens is 840 g/mol. The number of phosphoric acid groups is 1. The van der Waals surface area contributed by atoms with Gasteiger partial charge in [0.2, 0.25) is 0 Å². The smallest absolute Gasteiger partial charge is 0.462 e. The highest BCUT2D eigenvalue weighted by molar-refractivity contribution is 7.47. The predicted octanol–water partition coefficient (Wildman–Crippen LogP) is 9.22. The predicted molar refractivity (Wildman–Crippen MR) is 253 cm³/mol. The van der Waals surface area contributed by atoms with Gasteiger partial charge >= 0.3 is 19.8 Å². The van der Waals surface area contributed by atoms with E-state index in [2.05, 4.69) is 68.5 Å². The lowest BCUT2D eigenvalue weighted by molar-refractivity contribution is -0.220. The number of rotatable bonds is 36. The number of hydrogen-bond acceptors (Lipinski definition) is 12. The third-order valence-corrected chi connectivity index (χ3v) is 11.0. The summed E-state index contributed by atoms with van der Waals surface area (Å²) < 4.78 is 33.4. The van der Waals surface area contributed by atoms with E-state index < -0.39 is 75.7 Å². The van der Waals surface area contributed by atoms with Crippen molar-refractivity contribution >= 4 is 19.8 Å². The van der Waals surface area contributed by atoms with Crippen LogP contribution in [0.2, 0.25) is 0 Å². The molecule has 6 N–H and O–H groups in total. The van der Waals surface area contributed by atoms with Crippen molar-refractivity contribution in [2.24, 2.45) is 0 Å². The van der Waals surface area contributed by atoms with Crippen LogP contribution in [-0.4, -0.2) is 98.3 Å². The molecule has 64 heavy (non-hydrogen) atoms. The molecule has 362 valence electrons. The van der Waals surface area contributed by atoms with Crippen LogP contribution in [0, 0.1) is 0 Å². The van der Waals surface area contributed by atoms with Crippen LogP contribution in [0.4, 0.5) is 0 Å². The molecule has 0 amide bonds. The largest absolute Gasteiger partial charge is 0.472 e. The molecule has 0 aromatic heterocycles. The van der Waals surface area contributed by atoms with Crippen molar-refractivity contribution in [1.82, 2.24) is 0 Å². The highest BCUT2D eigenvalue weighted by atomic mass is 31.2. The molecule has 8 atom stereocenters. The molecule has 0 bridgehead atoms. The summed E-state index contributed by atoms with van der Waals surface area (Å²) in [6.07, 6.45) is 40.2. The Morgan fingerprint density at radius 1 is 0.500 bits per heavy atom. The first-order valence-electron chi connectivity index (χ1n) is 23.3. The maximum atomic E-state index is 12.8. The Balaban J connectivity index is 2.45. The minimum absolute atomic E-state index is 0.00758. The van der Waals surface area contributed by atoms with Crippen LogP contribution in [0.15, 0.2) is 109 Å². The lowest BCUT2D eigenvalue weighted by atomic mass is 9.85.